The van der Waals surface area contributed by atoms with E-state index in [-0.39, 0.29) is 35.9 Å². The number of amides is 2. The minimum atomic E-state index is -0.312. The van der Waals surface area contributed by atoms with Gasteiger partial charge in [-0.05, 0) is 25.3 Å². The van der Waals surface area contributed by atoms with Crippen LogP contribution >= 0.6 is 0 Å². The Kier molecular flexibility index (Phi) is 3.12. The van der Waals surface area contributed by atoms with Crippen molar-refractivity contribution in [3.63, 3.8) is 0 Å². The van der Waals surface area contributed by atoms with Gasteiger partial charge in [0.15, 0.2) is 5.82 Å². The van der Waals surface area contributed by atoms with E-state index in [0.29, 0.717) is 12.4 Å². The summed E-state index contributed by atoms with van der Waals surface area (Å²) < 4.78 is 7.53. The van der Waals surface area contributed by atoms with Crippen LogP contribution in [0.25, 0.3) is 0 Å². The van der Waals surface area contributed by atoms with E-state index in [2.05, 4.69) is 24.2 Å². The third kappa shape index (κ3) is 2.17. The molecule has 2 bridgehead atoms. The fourth-order valence-electron chi connectivity index (χ4n) is 4.49. The van der Waals surface area contributed by atoms with Crippen LogP contribution in [0.5, 0.6) is 0 Å². The Hall–Kier alpha value is -2.47. The first-order chi connectivity index (χ1) is 12.1. The van der Waals surface area contributed by atoms with Crippen LogP contribution in [-0.4, -0.2) is 33.8 Å². The maximum absolute atomic E-state index is 12.8. The highest BCUT2D eigenvalue weighted by Crippen LogP contribution is 2.49. The number of hydrogen-bond acceptors (Lipinski definition) is 4. The van der Waals surface area contributed by atoms with Crippen LogP contribution in [0.15, 0.2) is 36.5 Å². The average molecular weight is 337 g/mol. The van der Waals surface area contributed by atoms with Crippen molar-refractivity contribution in [2.75, 3.05) is 4.90 Å². The van der Waals surface area contributed by atoms with E-state index >= 15 is 0 Å². The zero-order valence-corrected chi connectivity index (χ0v) is 14.0. The highest BCUT2D eigenvalue weighted by atomic mass is 16.5. The predicted molar refractivity (Wildman–Crippen MR) is 89.9 cm³/mol. The summed E-state index contributed by atoms with van der Waals surface area (Å²) in [4.78, 5) is 26.8. The molecule has 1 aromatic carbocycles. The van der Waals surface area contributed by atoms with Crippen LogP contribution in [0.1, 0.15) is 24.0 Å². The van der Waals surface area contributed by atoms with Crippen molar-refractivity contribution in [2.24, 2.45) is 11.8 Å². The van der Waals surface area contributed by atoms with Gasteiger partial charge >= 0.3 is 0 Å². The fraction of sp³-hybridized carbons (Fsp3) is 0.421. The number of carbonyl (C=O) groups is 2. The van der Waals surface area contributed by atoms with Crippen molar-refractivity contribution in [3.8, 4) is 0 Å². The molecule has 2 amide bonds. The largest absolute Gasteiger partial charge is 0.373 e. The van der Waals surface area contributed by atoms with Gasteiger partial charge in [0, 0.05) is 12.3 Å². The van der Waals surface area contributed by atoms with Crippen LogP contribution in [0, 0.1) is 18.8 Å². The standard InChI is InChI=1S/C19H19N3O3/c1-11-3-2-4-12(9-11)10-21-8-7-15(20-21)22-18(23)16-13-5-6-14(25-13)17(16)19(22)24/h2-4,7-9,13-14,16-17H,5-6,10H2,1H3/t13-,14+,16-,17+. The third-order valence-corrected chi connectivity index (χ3v) is 5.57. The molecule has 3 aliphatic heterocycles. The van der Waals surface area contributed by atoms with Crippen molar-refractivity contribution in [1.29, 1.82) is 0 Å². The van der Waals surface area contributed by atoms with Crippen LogP contribution in [0.2, 0.25) is 0 Å². The lowest BCUT2D eigenvalue weighted by molar-refractivity contribution is -0.124. The number of aryl methyl sites for hydroxylation is 1. The number of aromatic nitrogens is 2. The van der Waals surface area contributed by atoms with Crippen molar-refractivity contribution >= 4 is 17.6 Å². The Morgan fingerprint density at radius 2 is 1.84 bits per heavy atom. The smallest absolute Gasteiger partial charge is 0.241 e. The van der Waals surface area contributed by atoms with E-state index in [0.717, 1.165) is 18.4 Å². The van der Waals surface area contributed by atoms with E-state index < -0.39 is 0 Å². The second-order valence-corrected chi connectivity index (χ2v) is 7.21. The maximum atomic E-state index is 12.8. The summed E-state index contributed by atoms with van der Waals surface area (Å²) in [5.41, 5.74) is 2.33. The molecular formula is C19H19N3O3. The average Bonchev–Trinajstić information content (AvgIpc) is 3.33. The number of rotatable bonds is 3. The molecule has 2 aromatic rings. The lowest BCUT2D eigenvalue weighted by Gasteiger charge is -2.15. The Labute approximate surface area is 145 Å². The molecule has 3 fully saturated rings. The third-order valence-electron chi connectivity index (χ3n) is 5.57. The summed E-state index contributed by atoms with van der Waals surface area (Å²) in [5, 5.41) is 4.48. The lowest BCUT2D eigenvalue weighted by atomic mass is 9.81. The molecule has 0 aliphatic carbocycles. The normalized spacial score (nSPS) is 30.4. The second-order valence-electron chi connectivity index (χ2n) is 7.21. The first-order valence-corrected chi connectivity index (χ1v) is 8.74. The highest BCUT2D eigenvalue weighted by Gasteiger charge is 2.63. The number of ether oxygens (including phenoxy) is 1. The van der Waals surface area contributed by atoms with E-state index in [4.69, 9.17) is 4.74 Å². The Balaban J connectivity index is 1.40. The van der Waals surface area contributed by atoms with Crippen molar-refractivity contribution in [3.05, 3.63) is 47.7 Å². The zero-order valence-electron chi connectivity index (χ0n) is 14.0. The fourth-order valence-corrected chi connectivity index (χ4v) is 4.49. The van der Waals surface area contributed by atoms with Gasteiger partial charge in [-0.15, -0.1) is 0 Å². The molecule has 128 valence electrons. The molecule has 1 aromatic heterocycles. The molecule has 0 spiro atoms. The van der Waals surface area contributed by atoms with E-state index in [1.807, 2.05) is 18.3 Å². The van der Waals surface area contributed by atoms with Gasteiger partial charge in [-0.1, -0.05) is 29.8 Å². The summed E-state index contributed by atoms with van der Waals surface area (Å²) in [6, 6.07) is 9.95. The summed E-state index contributed by atoms with van der Waals surface area (Å²) in [5.74, 6) is -0.496. The molecule has 0 unspecified atom stereocenters. The lowest BCUT2D eigenvalue weighted by Crippen LogP contribution is -2.34. The first-order valence-electron chi connectivity index (χ1n) is 8.74. The number of imide groups is 1. The molecule has 6 heteroatoms. The van der Waals surface area contributed by atoms with Gasteiger partial charge in [0.25, 0.3) is 0 Å². The van der Waals surface area contributed by atoms with Gasteiger partial charge in [0.05, 0.1) is 30.6 Å². The molecule has 4 heterocycles. The highest BCUT2D eigenvalue weighted by molar-refractivity contribution is 6.22. The Morgan fingerprint density at radius 1 is 1.12 bits per heavy atom. The molecule has 0 radical (unpaired) electrons. The summed E-state index contributed by atoms with van der Waals surface area (Å²) in [6.07, 6.45) is 3.38. The van der Waals surface area contributed by atoms with Gasteiger partial charge in [0.2, 0.25) is 11.8 Å². The minimum Gasteiger partial charge on any atom is -0.373 e. The number of carbonyl (C=O) groups excluding carboxylic acids is 2. The summed E-state index contributed by atoms with van der Waals surface area (Å²) >= 11 is 0. The van der Waals surface area contributed by atoms with Gasteiger partial charge in [-0.2, -0.15) is 5.10 Å². The van der Waals surface area contributed by atoms with Gasteiger partial charge < -0.3 is 4.74 Å². The number of anilines is 1. The molecule has 3 aliphatic rings. The molecule has 0 N–H and O–H groups in total. The second kappa shape index (κ2) is 5.26. The number of hydrogen-bond donors (Lipinski definition) is 0. The van der Waals surface area contributed by atoms with Crippen molar-refractivity contribution < 1.29 is 14.3 Å². The number of nitrogens with zero attached hydrogens (tertiary/aromatic N) is 3. The topological polar surface area (TPSA) is 64.4 Å². The quantitative estimate of drug-likeness (QED) is 0.803. The number of benzene rings is 1. The molecule has 0 saturated carbocycles. The van der Waals surface area contributed by atoms with Crippen LogP contribution < -0.4 is 4.90 Å². The molecule has 6 nitrogen and oxygen atoms in total. The predicted octanol–water partition coefficient (Wildman–Crippen LogP) is 1.91. The van der Waals surface area contributed by atoms with Crippen LogP contribution in [-0.2, 0) is 20.9 Å². The molecular weight excluding hydrogens is 318 g/mol. The zero-order chi connectivity index (χ0) is 17.1. The van der Waals surface area contributed by atoms with Gasteiger partial charge in [-0.3, -0.25) is 14.3 Å². The number of fused-ring (bicyclic) bond motifs is 5. The van der Waals surface area contributed by atoms with E-state index in [1.54, 1.807) is 10.7 Å². The maximum Gasteiger partial charge on any atom is 0.241 e. The van der Waals surface area contributed by atoms with E-state index in [9.17, 15) is 9.59 Å². The molecule has 5 rings (SSSR count). The van der Waals surface area contributed by atoms with Crippen molar-refractivity contribution in [2.45, 2.75) is 38.5 Å². The molecule has 3 saturated heterocycles. The Bertz CT molecular complexity index is 846. The van der Waals surface area contributed by atoms with Gasteiger partial charge in [0.1, 0.15) is 0 Å². The SMILES string of the molecule is Cc1cccc(Cn2ccc(N3C(=O)[C@@H]4[C@H](C3=O)[C@H]3CC[C@@H]4O3)n2)c1. The summed E-state index contributed by atoms with van der Waals surface area (Å²) in [6.45, 7) is 2.66. The van der Waals surface area contributed by atoms with Gasteiger partial charge in [-0.25, -0.2) is 4.90 Å². The summed E-state index contributed by atoms with van der Waals surface area (Å²) in [7, 11) is 0. The first kappa shape index (κ1) is 14.8. The van der Waals surface area contributed by atoms with Crippen LogP contribution in [0.4, 0.5) is 5.82 Å². The minimum absolute atomic E-state index is 0.0918. The van der Waals surface area contributed by atoms with E-state index in [1.165, 1.54) is 10.5 Å². The monoisotopic (exact) mass is 337 g/mol. The van der Waals surface area contributed by atoms with Crippen LogP contribution in [0.3, 0.4) is 0 Å². The van der Waals surface area contributed by atoms with Crippen molar-refractivity contribution in [1.82, 2.24) is 9.78 Å². The Morgan fingerprint density at radius 3 is 2.52 bits per heavy atom. The molecule has 25 heavy (non-hydrogen) atoms. The molecule has 4 atom stereocenters.